The van der Waals surface area contributed by atoms with Gasteiger partial charge in [0, 0.05) is 23.8 Å². The van der Waals surface area contributed by atoms with Crippen molar-refractivity contribution in [3.05, 3.63) is 93.7 Å². The van der Waals surface area contributed by atoms with Gasteiger partial charge in [-0.05, 0) is 54.8 Å². The standard InChI is InChI=1S/C27H23FN4O3/c1-15(2)35-27(34)30-25-14-18-9-8-17(13-23(18)29-25)21-11-16(7-10-22(21)28)12-24-19-5-3-4-6-20(19)26(33)32-31-24/h3-11,13,15H,12,14H2,1-2H3,(H,32,33)(H,29,30,34). The summed E-state index contributed by atoms with van der Waals surface area (Å²) in [6.07, 6.45) is 0.121. The number of aliphatic imine (C=N–C) groups is 1. The summed E-state index contributed by atoms with van der Waals surface area (Å²) in [4.78, 5) is 28.5. The Hall–Kier alpha value is -4.33. The molecule has 176 valence electrons. The van der Waals surface area contributed by atoms with Crippen LogP contribution in [0.2, 0.25) is 0 Å². The third-order valence-corrected chi connectivity index (χ3v) is 5.78. The second-order valence-corrected chi connectivity index (χ2v) is 8.69. The molecule has 8 heteroatoms. The van der Waals surface area contributed by atoms with Crippen molar-refractivity contribution in [2.45, 2.75) is 32.8 Å². The first-order chi connectivity index (χ1) is 16.9. The number of halogens is 1. The molecule has 35 heavy (non-hydrogen) atoms. The van der Waals surface area contributed by atoms with Crippen molar-refractivity contribution in [3.8, 4) is 11.1 Å². The van der Waals surface area contributed by atoms with Gasteiger partial charge in [-0.3, -0.25) is 10.1 Å². The fraction of sp³-hybridized carbons (Fsp3) is 0.185. The molecule has 7 nitrogen and oxygen atoms in total. The summed E-state index contributed by atoms with van der Waals surface area (Å²) >= 11 is 0. The van der Waals surface area contributed by atoms with E-state index in [9.17, 15) is 14.0 Å². The van der Waals surface area contributed by atoms with Crippen LogP contribution in [-0.2, 0) is 17.6 Å². The van der Waals surface area contributed by atoms with Crippen molar-refractivity contribution in [2.24, 2.45) is 4.99 Å². The van der Waals surface area contributed by atoms with E-state index in [-0.39, 0.29) is 17.5 Å². The van der Waals surface area contributed by atoms with Gasteiger partial charge in [-0.15, -0.1) is 0 Å². The summed E-state index contributed by atoms with van der Waals surface area (Å²) in [5.41, 5.74) is 4.06. The van der Waals surface area contributed by atoms with Crippen LogP contribution in [0.3, 0.4) is 0 Å². The van der Waals surface area contributed by atoms with E-state index in [2.05, 4.69) is 20.5 Å². The molecule has 0 aliphatic carbocycles. The predicted molar refractivity (Wildman–Crippen MR) is 133 cm³/mol. The molecular formula is C27H23FN4O3. The smallest absolute Gasteiger partial charge is 0.412 e. The molecule has 1 aromatic heterocycles. The SMILES string of the molecule is CC(C)OC(=O)NC1=Nc2cc(-c3cc(Cc4n[nH]c(=O)c5ccccc45)ccc3F)ccc2C1. The normalized spacial score (nSPS) is 12.5. The zero-order valence-corrected chi connectivity index (χ0v) is 19.3. The summed E-state index contributed by atoms with van der Waals surface area (Å²) in [6, 6.07) is 17.8. The molecule has 1 amide bonds. The number of carbonyl (C=O) groups excluding carboxylic acids is 1. The molecule has 0 bridgehead atoms. The maximum atomic E-state index is 14.8. The highest BCUT2D eigenvalue weighted by molar-refractivity contribution is 6.01. The summed E-state index contributed by atoms with van der Waals surface area (Å²) in [7, 11) is 0. The van der Waals surface area contributed by atoms with E-state index in [0.29, 0.717) is 46.6 Å². The van der Waals surface area contributed by atoms with Crippen LogP contribution >= 0.6 is 0 Å². The second kappa shape index (κ2) is 9.13. The maximum Gasteiger partial charge on any atom is 0.412 e. The van der Waals surface area contributed by atoms with E-state index < -0.39 is 6.09 Å². The van der Waals surface area contributed by atoms with Gasteiger partial charge in [0.15, 0.2) is 0 Å². The number of amides is 1. The zero-order valence-electron chi connectivity index (χ0n) is 19.3. The summed E-state index contributed by atoms with van der Waals surface area (Å²) in [6.45, 7) is 3.55. The van der Waals surface area contributed by atoms with Crippen LogP contribution in [0.25, 0.3) is 21.9 Å². The number of nitrogens with zero attached hydrogens (tertiary/aromatic N) is 2. The van der Waals surface area contributed by atoms with Gasteiger partial charge in [-0.25, -0.2) is 19.3 Å². The lowest BCUT2D eigenvalue weighted by Crippen LogP contribution is -2.32. The van der Waals surface area contributed by atoms with E-state index in [1.807, 2.05) is 36.4 Å². The maximum absolute atomic E-state index is 14.8. The number of fused-ring (bicyclic) bond motifs is 2. The second-order valence-electron chi connectivity index (χ2n) is 8.69. The fourth-order valence-electron chi connectivity index (χ4n) is 4.19. The number of benzene rings is 3. The molecule has 2 N–H and O–H groups in total. The Balaban J connectivity index is 1.43. The quantitative estimate of drug-likeness (QED) is 0.437. The molecule has 0 atom stereocenters. The number of ether oxygens (including phenoxy) is 1. The number of hydrogen-bond acceptors (Lipinski definition) is 5. The minimum absolute atomic E-state index is 0.231. The Morgan fingerprint density at radius 3 is 2.71 bits per heavy atom. The van der Waals surface area contributed by atoms with Crippen molar-refractivity contribution in [1.82, 2.24) is 15.5 Å². The number of nitrogens with one attached hydrogen (secondary N) is 2. The number of alkyl carbamates (subject to hydrolysis) is 1. The molecule has 0 radical (unpaired) electrons. The molecule has 0 spiro atoms. The van der Waals surface area contributed by atoms with Crippen LogP contribution < -0.4 is 10.9 Å². The number of rotatable bonds is 4. The Labute approximate surface area is 200 Å². The van der Waals surface area contributed by atoms with Gasteiger partial charge >= 0.3 is 6.09 Å². The molecule has 2 heterocycles. The molecule has 0 saturated heterocycles. The van der Waals surface area contributed by atoms with E-state index in [0.717, 1.165) is 16.5 Å². The molecule has 5 rings (SSSR count). The average molecular weight is 471 g/mol. The van der Waals surface area contributed by atoms with Crippen molar-refractivity contribution in [1.29, 1.82) is 0 Å². The lowest BCUT2D eigenvalue weighted by molar-refractivity contribution is 0.120. The van der Waals surface area contributed by atoms with Gasteiger partial charge < -0.3 is 4.74 Å². The van der Waals surface area contributed by atoms with E-state index in [4.69, 9.17) is 4.74 Å². The molecule has 4 aromatic rings. The van der Waals surface area contributed by atoms with Crippen LogP contribution in [0.5, 0.6) is 0 Å². The molecule has 3 aromatic carbocycles. The minimum Gasteiger partial charge on any atom is -0.447 e. The van der Waals surface area contributed by atoms with Crippen LogP contribution in [0.1, 0.15) is 30.7 Å². The zero-order chi connectivity index (χ0) is 24.5. The van der Waals surface area contributed by atoms with Gasteiger partial charge in [-0.1, -0.05) is 36.4 Å². The van der Waals surface area contributed by atoms with Crippen LogP contribution in [0.15, 0.2) is 70.5 Å². The van der Waals surface area contributed by atoms with Crippen molar-refractivity contribution >= 4 is 28.4 Å². The van der Waals surface area contributed by atoms with Gasteiger partial charge in [0.25, 0.3) is 5.56 Å². The highest BCUT2D eigenvalue weighted by Gasteiger charge is 2.19. The summed E-state index contributed by atoms with van der Waals surface area (Å²) < 4.78 is 20.0. The third-order valence-electron chi connectivity index (χ3n) is 5.78. The number of aromatic amines is 1. The monoisotopic (exact) mass is 470 g/mol. The van der Waals surface area contributed by atoms with Crippen molar-refractivity contribution in [3.63, 3.8) is 0 Å². The Kier molecular flexibility index (Phi) is 5.86. The topological polar surface area (TPSA) is 96.4 Å². The van der Waals surface area contributed by atoms with Gasteiger partial charge in [0.2, 0.25) is 0 Å². The first kappa shape index (κ1) is 22.5. The molecule has 0 fully saturated rings. The first-order valence-corrected chi connectivity index (χ1v) is 11.3. The van der Waals surface area contributed by atoms with Crippen molar-refractivity contribution in [2.75, 3.05) is 0 Å². The lowest BCUT2D eigenvalue weighted by Gasteiger charge is -2.10. The molecule has 0 unspecified atom stereocenters. The average Bonchev–Trinajstić information content (AvgIpc) is 3.23. The highest BCUT2D eigenvalue weighted by atomic mass is 19.1. The van der Waals surface area contributed by atoms with Crippen LogP contribution in [-0.4, -0.2) is 28.2 Å². The number of carbonyl (C=O) groups is 1. The number of amidine groups is 1. The predicted octanol–water partition coefficient (Wildman–Crippen LogP) is 5.04. The van der Waals surface area contributed by atoms with E-state index in [1.165, 1.54) is 6.07 Å². The largest absolute Gasteiger partial charge is 0.447 e. The Morgan fingerprint density at radius 1 is 1.11 bits per heavy atom. The van der Waals surface area contributed by atoms with E-state index in [1.54, 1.807) is 32.0 Å². The van der Waals surface area contributed by atoms with E-state index >= 15 is 0 Å². The molecule has 1 aliphatic rings. The highest BCUT2D eigenvalue weighted by Crippen LogP contribution is 2.33. The van der Waals surface area contributed by atoms with Gasteiger partial charge in [-0.2, -0.15) is 5.10 Å². The third kappa shape index (κ3) is 4.68. The first-order valence-electron chi connectivity index (χ1n) is 11.3. The summed E-state index contributed by atoms with van der Waals surface area (Å²) in [5.74, 6) is 0.141. The Bertz CT molecular complexity index is 1540. The summed E-state index contributed by atoms with van der Waals surface area (Å²) in [5, 5.41) is 10.8. The van der Waals surface area contributed by atoms with Gasteiger partial charge in [0.05, 0.1) is 22.9 Å². The number of H-pyrrole nitrogens is 1. The van der Waals surface area contributed by atoms with Crippen LogP contribution in [0.4, 0.5) is 14.9 Å². The lowest BCUT2D eigenvalue weighted by atomic mass is 9.97. The number of hydrogen-bond donors (Lipinski definition) is 2. The minimum atomic E-state index is -0.547. The number of aromatic nitrogens is 2. The fourth-order valence-corrected chi connectivity index (χ4v) is 4.19. The molecule has 1 aliphatic heterocycles. The van der Waals surface area contributed by atoms with Crippen molar-refractivity contribution < 1.29 is 13.9 Å². The van der Waals surface area contributed by atoms with Crippen LogP contribution in [0, 0.1) is 5.82 Å². The molecule has 0 saturated carbocycles. The Morgan fingerprint density at radius 2 is 1.91 bits per heavy atom. The molecular weight excluding hydrogens is 447 g/mol. The van der Waals surface area contributed by atoms with Gasteiger partial charge in [0.1, 0.15) is 11.7 Å².